The molecule has 3 aromatic rings. The maximum atomic E-state index is 13.7. The van der Waals surface area contributed by atoms with Crippen molar-refractivity contribution in [3.05, 3.63) is 84.2 Å². The Labute approximate surface area is 191 Å². The summed E-state index contributed by atoms with van der Waals surface area (Å²) < 4.78 is 51.8. The van der Waals surface area contributed by atoms with Gasteiger partial charge in [-0.1, -0.05) is 36.4 Å². The first kappa shape index (κ1) is 23.7. The molecule has 3 aromatic carbocycles. The van der Waals surface area contributed by atoms with Crippen molar-refractivity contribution in [2.75, 3.05) is 25.1 Å². The molecular weight excluding hydrogens is 449 g/mol. The van der Waals surface area contributed by atoms with Crippen molar-refractivity contribution >= 4 is 27.8 Å². The van der Waals surface area contributed by atoms with Gasteiger partial charge >= 0.3 is 0 Å². The third kappa shape index (κ3) is 5.66. The van der Waals surface area contributed by atoms with E-state index in [1.165, 1.54) is 62.8 Å². The topological polar surface area (TPSA) is 97.3 Å². The molecule has 0 spiro atoms. The summed E-state index contributed by atoms with van der Waals surface area (Å²) >= 11 is 0. The summed E-state index contributed by atoms with van der Waals surface area (Å²) in [6.07, 6.45) is 1.14. The minimum Gasteiger partial charge on any atom is -0.493 e. The van der Waals surface area contributed by atoms with E-state index in [-0.39, 0.29) is 16.1 Å². The fourth-order valence-electron chi connectivity index (χ4n) is 2.93. The first-order valence-electron chi connectivity index (χ1n) is 9.73. The van der Waals surface area contributed by atoms with Gasteiger partial charge in [0.1, 0.15) is 12.4 Å². The fourth-order valence-corrected chi connectivity index (χ4v) is 4.37. The lowest BCUT2D eigenvalue weighted by atomic mass is 10.2. The van der Waals surface area contributed by atoms with Crippen LogP contribution in [0.3, 0.4) is 0 Å². The van der Waals surface area contributed by atoms with E-state index in [0.29, 0.717) is 11.5 Å². The normalized spacial score (nSPS) is 11.2. The number of hydrogen-bond acceptors (Lipinski definition) is 6. The maximum Gasteiger partial charge on any atom is 0.264 e. The highest BCUT2D eigenvalue weighted by Gasteiger charge is 2.28. The van der Waals surface area contributed by atoms with Crippen LogP contribution in [0.15, 0.2) is 82.8 Å². The number of nitrogens with zero attached hydrogens (tertiary/aromatic N) is 2. The van der Waals surface area contributed by atoms with E-state index in [0.717, 1.165) is 10.5 Å². The molecule has 0 saturated heterocycles. The Balaban J connectivity index is 1.91. The summed E-state index contributed by atoms with van der Waals surface area (Å²) in [5.74, 6) is -0.538. The van der Waals surface area contributed by atoms with Gasteiger partial charge in [0.15, 0.2) is 11.5 Å². The van der Waals surface area contributed by atoms with Crippen LogP contribution < -0.4 is 19.2 Å². The standard InChI is InChI=1S/C23H22FN3O5S/c1-31-21-13-12-18(14-22(21)32-2)27(33(29,30)19-9-4-3-5-10-19)16-23(28)26-25-15-17-8-6-7-11-20(17)24/h3-15H,16H2,1-2H3,(H,26,28)/b25-15-. The summed E-state index contributed by atoms with van der Waals surface area (Å²) in [7, 11) is -1.24. The van der Waals surface area contributed by atoms with Gasteiger partial charge in [0, 0.05) is 11.6 Å². The van der Waals surface area contributed by atoms with Crippen molar-refractivity contribution < 1.29 is 27.1 Å². The second-order valence-corrected chi connectivity index (χ2v) is 8.54. The molecule has 0 aliphatic carbocycles. The quantitative estimate of drug-likeness (QED) is 0.382. The van der Waals surface area contributed by atoms with Crippen molar-refractivity contribution in [2.45, 2.75) is 4.90 Å². The molecule has 0 saturated carbocycles. The number of nitrogens with one attached hydrogen (secondary N) is 1. The smallest absolute Gasteiger partial charge is 0.264 e. The van der Waals surface area contributed by atoms with E-state index < -0.39 is 28.3 Å². The van der Waals surface area contributed by atoms with E-state index in [4.69, 9.17) is 9.47 Å². The summed E-state index contributed by atoms with van der Waals surface area (Å²) in [6.45, 7) is -0.582. The Morgan fingerprint density at radius 2 is 1.67 bits per heavy atom. The SMILES string of the molecule is COc1ccc(N(CC(=O)N/N=C\c2ccccc2F)S(=O)(=O)c2ccccc2)cc1OC. The molecule has 0 bridgehead atoms. The highest BCUT2D eigenvalue weighted by molar-refractivity contribution is 7.92. The van der Waals surface area contributed by atoms with Crippen LogP contribution in [0.4, 0.5) is 10.1 Å². The van der Waals surface area contributed by atoms with Crippen LogP contribution in [-0.4, -0.2) is 41.3 Å². The minimum absolute atomic E-state index is 0.00226. The molecule has 0 radical (unpaired) electrons. The molecule has 10 heteroatoms. The molecule has 8 nitrogen and oxygen atoms in total. The second kappa shape index (κ2) is 10.6. The van der Waals surface area contributed by atoms with Crippen LogP contribution in [0, 0.1) is 5.82 Å². The number of anilines is 1. The number of benzene rings is 3. The Morgan fingerprint density at radius 1 is 1.00 bits per heavy atom. The lowest BCUT2D eigenvalue weighted by Gasteiger charge is -2.24. The summed E-state index contributed by atoms with van der Waals surface area (Å²) in [4.78, 5) is 12.6. The Hall–Kier alpha value is -3.92. The molecule has 1 N–H and O–H groups in total. The number of amides is 1. The van der Waals surface area contributed by atoms with Gasteiger partial charge in [-0.3, -0.25) is 9.10 Å². The summed E-state index contributed by atoms with van der Waals surface area (Å²) in [6, 6.07) is 18.1. The zero-order valence-electron chi connectivity index (χ0n) is 17.9. The predicted molar refractivity (Wildman–Crippen MR) is 123 cm³/mol. The van der Waals surface area contributed by atoms with Gasteiger partial charge in [-0.2, -0.15) is 5.10 Å². The molecular formula is C23H22FN3O5S. The molecule has 172 valence electrons. The third-order valence-electron chi connectivity index (χ3n) is 4.57. The van der Waals surface area contributed by atoms with Gasteiger partial charge in [-0.25, -0.2) is 18.2 Å². The van der Waals surface area contributed by atoms with Crippen LogP contribution in [0.1, 0.15) is 5.56 Å². The number of carbonyl (C=O) groups excluding carboxylic acids is 1. The van der Waals surface area contributed by atoms with E-state index in [9.17, 15) is 17.6 Å². The van der Waals surface area contributed by atoms with Gasteiger partial charge < -0.3 is 9.47 Å². The first-order chi connectivity index (χ1) is 15.9. The minimum atomic E-state index is -4.11. The Morgan fingerprint density at radius 3 is 2.33 bits per heavy atom. The molecule has 0 aliphatic rings. The monoisotopic (exact) mass is 471 g/mol. The van der Waals surface area contributed by atoms with Crippen molar-refractivity contribution in [3.63, 3.8) is 0 Å². The predicted octanol–water partition coefficient (Wildman–Crippen LogP) is 3.19. The zero-order chi connectivity index (χ0) is 23.8. The van der Waals surface area contributed by atoms with Crippen molar-refractivity contribution in [3.8, 4) is 11.5 Å². The highest BCUT2D eigenvalue weighted by atomic mass is 32.2. The molecule has 0 atom stereocenters. The lowest BCUT2D eigenvalue weighted by Crippen LogP contribution is -2.39. The zero-order valence-corrected chi connectivity index (χ0v) is 18.8. The van der Waals surface area contributed by atoms with Gasteiger partial charge in [0.25, 0.3) is 15.9 Å². The van der Waals surface area contributed by atoms with Crippen LogP contribution >= 0.6 is 0 Å². The van der Waals surface area contributed by atoms with Gasteiger partial charge in [0.2, 0.25) is 0 Å². The summed E-state index contributed by atoms with van der Waals surface area (Å²) in [5.41, 5.74) is 2.59. The van der Waals surface area contributed by atoms with E-state index in [1.54, 1.807) is 24.3 Å². The number of hydrazone groups is 1. The van der Waals surface area contributed by atoms with Crippen LogP contribution in [0.2, 0.25) is 0 Å². The van der Waals surface area contributed by atoms with Gasteiger partial charge in [0.05, 0.1) is 31.0 Å². The van der Waals surface area contributed by atoms with E-state index in [1.807, 2.05) is 0 Å². The fraction of sp³-hybridized carbons (Fsp3) is 0.130. The number of halogens is 1. The molecule has 0 fully saturated rings. The van der Waals surface area contributed by atoms with Gasteiger partial charge in [-0.05, 0) is 30.3 Å². The molecule has 0 aliphatic heterocycles. The average molecular weight is 472 g/mol. The highest BCUT2D eigenvalue weighted by Crippen LogP contribution is 2.33. The molecule has 0 unspecified atom stereocenters. The molecule has 3 rings (SSSR count). The van der Waals surface area contributed by atoms with Gasteiger partial charge in [-0.15, -0.1) is 0 Å². The van der Waals surface area contributed by atoms with Crippen molar-refractivity contribution in [1.29, 1.82) is 0 Å². The number of carbonyl (C=O) groups is 1. The molecule has 0 aromatic heterocycles. The number of rotatable bonds is 9. The third-order valence-corrected chi connectivity index (χ3v) is 6.36. The maximum absolute atomic E-state index is 13.7. The Bertz CT molecular complexity index is 1250. The molecule has 33 heavy (non-hydrogen) atoms. The van der Waals surface area contributed by atoms with Crippen LogP contribution in [0.5, 0.6) is 11.5 Å². The number of hydrogen-bond donors (Lipinski definition) is 1. The summed E-state index contributed by atoms with van der Waals surface area (Å²) in [5, 5.41) is 3.73. The average Bonchev–Trinajstić information content (AvgIpc) is 2.83. The molecule has 0 heterocycles. The Kier molecular flexibility index (Phi) is 7.62. The van der Waals surface area contributed by atoms with Crippen LogP contribution in [0.25, 0.3) is 0 Å². The van der Waals surface area contributed by atoms with E-state index in [2.05, 4.69) is 10.5 Å². The number of sulfonamides is 1. The lowest BCUT2D eigenvalue weighted by molar-refractivity contribution is -0.119. The number of methoxy groups -OCH3 is 2. The number of ether oxygens (including phenoxy) is 2. The first-order valence-corrected chi connectivity index (χ1v) is 11.2. The largest absolute Gasteiger partial charge is 0.493 e. The molecule has 1 amide bonds. The van der Waals surface area contributed by atoms with Crippen molar-refractivity contribution in [1.82, 2.24) is 5.43 Å². The van der Waals surface area contributed by atoms with Crippen LogP contribution in [-0.2, 0) is 14.8 Å². The van der Waals surface area contributed by atoms with E-state index >= 15 is 0 Å². The van der Waals surface area contributed by atoms with Crippen molar-refractivity contribution in [2.24, 2.45) is 5.10 Å². The second-order valence-electron chi connectivity index (χ2n) is 6.68.